The minimum Gasteiger partial charge on any atom is -0.500 e. The molecule has 0 aliphatic heterocycles. The smallest absolute Gasteiger partial charge is 0.243 e. The molecule has 0 fully saturated rings. The van der Waals surface area contributed by atoms with Crippen LogP contribution in [0.25, 0.3) is 0 Å². The lowest BCUT2D eigenvalue weighted by atomic mass is 10.5. The predicted molar refractivity (Wildman–Crippen MR) is 39.4 cm³/mol. The average Bonchev–Trinajstić information content (AvgIpc) is 1.98. The lowest BCUT2D eigenvalue weighted by molar-refractivity contribution is -0.116. The molecule has 0 bridgehead atoms. The van der Waals surface area contributed by atoms with Crippen molar-refractivity contribution >= 4 is 5.91 Å². The van der Waals surface area contributed by atoms with Gasteiger partial charge in [-0.25, -0.2) is 0 Å². The molecule has 0 rings (SSSR count). The molecular formula is C7H11NO2. The van der Waals surface area contributed by atoms with Gasteiger partial charge in [0.25, 0.3) is 0 Å². The summed E-state index contributed by atoms with van der Waals surface area (Å²) in [5, 5.41) is 2.54. The van der Waals surface area contributed by atoms with Gasteiger partial charge in [-0.1, -0.05) is 13.2 Å². The van der Waals surface area contributed by atoms with Crippen LogP contribution >= 0.6 is 0 Å². The fraction of sp³-hybridized carbons (Fsp3) is 0.286. The molecule has 0 aliphatic rings. The molecule has 3 heteroatoms. The largest absolute Gasteiger partial charge is 0.500 e. The van der Waals surface area contributed by atoms with E-state index < -0.39 is 0 Å². The first kappa shape index (κ1) is 8.75. The van der Waals surface area contributed by atoms with Crippen molar-refractivity contribution in [2.24, 2.45) is 0 Å². The van der Waals surface area contributed by atoms with Gasteiger partial charge in [0, 0.05) is 0 Å². The van der Waals surface area contributed by atoms with Crippen LogP contribution < -0.4 is 5.32 Å². The lowest BCUT2D eigenvalue weighted by Gasteiger charge is -2.00. The normalized spacial score (nSPS) is 8.00. The summed E-state index contributed by atoms with van der Waals surface area (Å²) >= 11 is 0. The molecule has 1 N–H and O–H groups in total. The molecule has 0 unspecified atom stereocenters. The second-order valence-electron chi connectivity index (χ2n) is 1.53. The average molecular weight is 141 g/mol. The number of nitrogens with one attached hydrogen (secondary N) is 1. The molecule has 0 atom stereocenters. The highest BCUT2D eigenvalue weighted by Crippen LogP contribution is 1.71. The monoisotopic (exact) mass is 141 g/mol. The number of ether oxygens (including phenoxy) is 1. The van der Waals surface area contributed by atoms with E-state index in [9.17, 15) is 4.79 Å². The van der Waals surface area contributed by atoms with Crippen LogP contribution in [0.2, 0.25) is 0 Å². The number of amides is 1. The molecule has 0 aliphatic carbocycles. The van der Waals surface area contributed by atoms with Crippen LogP contribution in [-0.2, 0) is 9.53 Å². The molecule has 0 aromatic rings. The van der Waals surface area contributed by atoms with Crippen molar-refractivity contribution in [3.63, 3.8) is 0 Å². The number of hydrogen-bond acceptors (Lipinski definition) is 2. The van der Waals surface area contributed by atoms with E-state index in [1.54, 1.807) is 0 Å². The van der Waals surface area contributed by atoms with Crippen LogP contribution in [0, 0.1) is 0 Å². The van der Waals surface area contributed by atoms with E-state index in [1.165, 1.54) is 12.3 Å². The first-order valence-electron chi connectivity index (χ1n) is 2.94. The number of carbonyl (C=O) groups excluding carboxylic acids is 1. The summed E-state index contributed by atoms with van der Waals surface area (Å²) in [5.74, 6) is -0.187. The van der Waals surface area contributed by atoms with E-state index in [0.717, 1.165) is 0 Å². The van der Waals surface area contributed by atoms with Gasteiger partial charge in [-0.05, 0) is 6.08 Å². The minimum atomic E-state index is -0.187. The molecule has 0 aromatic heterocycles. The second-order valence-corrected chi connectivity index (χ2v) is 1.53. The van der Waals surface area contributed by atoms with Gasteiger partial charge in [0.05, 0.1) is 12.8 Å². The van der Waals surface area contributed by atoms with Gasteiger partial charge in [-0.3, -0.25) is 4.79 Å². The molecule has 1 amide bonds. The first-order chi connectivity index (χ1) is 4.81. The summed E-state index contributed by atoms with van der Waals surface area (Å²) in [7, 11) is 0. The molecule has 0 spiro atoms. The zero-order chi connectivity index (χ0) is 7.82. The zero-order valence-electron chi connectivity index (χ0n) is 5.80. The maximum atomic E-state index is 10.5. The van der Waals surface area contributed by atoms with E-state index in [0.29, 0.717) is 13.2 Å². The molecule has 56 valence electrons. The lowest BCUT2D eigenvalue weighted by Crippen LogP contribution is -2.24. The molecule has 0 heterocycles. The molecule has 0 saturated carbocycles. The van der Waals surface area contributed by atoms with E-state index in [4.69, 9.17) is 4.74 Å². The van der Waals surface area contributed by atoms with E-state index in [1.807, 2.05) is 0 Å². The third-order valence-electron chi connectivity index (χ3n) is 0.822. The van der Waals surface area contributed by atoms with Crippen LogP contribution in [0.5, 0.6) is 0 Å². The van der Waals surface area contributed by atoms with Crippen molar-refractivity contribution in [3.8, 4) is 0 Å². The zero-order valence-corrected chi connectivity index (χ0v) is 5.80. The van der Waals surface area contributed by atoms with Gasteiger partial charge in [-0.15, -0.1) is 0 Å². The Morgan fingerprint density at radius 1 is 1.60 bits per heavy atom. The minimum absolute atomic E-state index is 0.187. The van der Waals surface area contributed by atoms with E-state index in [2.05, 4.69) is 18.5 Å². The Hall–Kier alpha value is -1.25. The Kier molecular flexibility index (Phi) is 5.14. The van der Waals surface area contributed by atoms with Crippen molar-refractivity contribution in [1.29, 1.82) is 0 Å². The van der Waals surface area contributed by atoms with Crippen LogP contribution in [-0.4, -0.2) is 19.1 Å². The van der Waals surface area contributed by atoms with Gasteiger partial charge in [0.2, 0.25) is 5.91 Å². The summed E-state index contributed by atoms with van der Waals surface area (Å²) < 4.78 is 4.74. The predicted octanol–water partition coefficient (Wildman–Crippen LogP) is 0.449. The number of rotatable bonds is 5. The summed E-state index contributed by atoms with van der Waals surface area (Å²) in [6.07, 6.45) is 2.55. The van der Waals surface area contributed by atoms with Crippen LogP contribution in [0.4, 0.5) is 0 Å². The Bertz CT molecular complexity index is 132. The van der Waals surface area contributed by atoms with Gasteiger partial charge in [0.15, 0.2) is 0 Å². The third-order valence-corrected chi connectivity index (χ3v) is 0.822. The number of carbonyl (C=O) groups is 1. The molecule has 10 heavy (non-hydrogen) atoms. The summed E-state index contributed by atoms with van der Waals surface area (Å²) in [6, 6.07) is 0. The fourth-order valence-electron chi connectivity index (χ4n) is 0.389. The van der Waals surface area contributed by atoms with E-state index >= 15 is 0 Å². The topological polar surface area (TPSA) is 38.3 Å². The van der Waals surface area contributed by atoms with Crippen molar-refractivity contribution in [2.75, 3.05) is 13.2 Å². The van der Waals surface area contributed by atoms with Crippen molar-refractivity contribution in [1.82, 2.24) is 5.32 Å². The summed E-state index contributed by atoms with van der Waals surface area (Å²) in [4.78, 5) is 10.5. The summed E-state index contributed by atoms with van der Waals surface area (Å²) in [5.41, 5.74) is 0. The highest BCUT2D eigenvalue weighted by Gasteiger charge is 1.89. The Labute approximate surface area is 60.4 Å². The van der Waals surface area contributed by atoms with Crippen molar-refractivity contribution in [2.45, 2.75) is 0 Å². The molecule has 0 aromatic carbocycles. The van der Waals surface area contributed by atoms with Gasteiger partial charge < -0.3 is 10.1 Å². The standard InChI is InChI=1S/C7H11NO2/c1-3-7(9)8-5-6-10-4-2/h3-4H,1-2,5-6H2,(H,8,9). The van der Waals surface area contributed by atoms with Crippen molar-refractivity contribution in [3.05, 3.63) is 25.5 Å². The molecule has 0 saturated heterocycles. The number of hydrogen-bond donors (Lipinski definition) is 1. The fourth-order valence-corrected chi connectivity index (χ4v) is 0.389. The highest BCUT2D eigenvalue weighted by atomic mass is 16.5. The van der Waals surface area contributed by atoms with Crippen molar-refractivity contribution < 1.29 is 9.53 Å². The third kappa shape index (κ3) is 4.90. The maximum Gasteiger partial charge on any atom is 0.243 e. The van der Waals surface area contributed by atoms with Gasteiger partial charge in [0.1, 0.15) is 6.61 Å². The second kappa shape index (κ2) is 5.88. The van der Waals surface area contributed by atoms with Crippen LogP contribution in [0.15, 0.2) is 25.5 Å². The Morgan fingerprint density at radius 3 is 2.80 bits per heavy atom. The van der Waals surface area contributed by atoms with Crippen LogP contribution in [0.1, 0.15) is 0 Å². The Morgan fingerprint density at radius 2 is 2.30 bits per heavy atom. The highest BCUT2D eigenvalue weighted by molar-refractivity contribution is 5.86. The molecular weight excluding hydrogens is 130 g/mol. The quantitative estimate of drug-likeness (QED) is 0.343. The first-order valence-corrected chi connectivity index (χ1v) is 2.94. The maximum absolute atomic E-state index is 10.5. The van der Waals surface area contributed by atoms with Crippen LogP contribution in [0.3, 0.4) is 0 Å². The van der Waals surface area contributed by atoms with Gasteiger partial charge >= 0.3 is 0 Å². The molecule has 3 nitrogen and oxygen atoms in total. The van der Waals surface area contributed by atoms with E-state index in [-0.39, 0.29) is 5.91 Å². The summed E-state index contributed by atoms with van der Waals surface area (Å²) in [6.45, 7) is 7.56. The molecule has 0 radical (unpaired) electrons. The SMILES string of the molecule is C=COCCNC(=O)C=C. The Balaban J connectivity index is 3.11. The van der Waals surface area contributed by atoms with Gasteiger partial charge in [-0.2, -0.15) is 0 Å².